The van der Waals surface area contributed by atoms with Crippen LogP contribution in [-0.4, -0.2) is 9.55 Å². The van der Waals surface area contributed by atoms with Gasteiger partial charge in [0.2, 0.25) is 0 Å². The van der Waals surface area contributed by atoms with Crippen LogP contribution in [0.25, 0.3) is 83.0 Å². The fraction of sp³-hybridized carbons (Fsp3) is 0.0192. The van der Waals surface area contributed by atoms with Gasteiger partial charge in [-0.3, -0.25) is 4.57 Å². The highest BCUT2D eigenvalue weighted by Gasteiger charge is 2.52. The quantitative estimate of drug-likeness (QED) is 0.181. The number of rotatable bonds is 3. The van der Waals surface area contributed by atoms with Gasteiger partial charge in [-0.25, -0.2) is 4.98 Å². The van der Waals surface area contributed by atoms with E-state index in [0.717, 1.165) is 28.1 Å². The van der Waals surface area contributed by atoms with E-state index in [0.29, 0.717) is 0 Å². The fourth-order valence-electron chi connectivity index (χ4n) is 9.71. The molecule has 1 aromatic heterocycles. The Labute approximate surface area is 313 Å². The van der Waals surface area contributed by atoms with E-state index in [1.807, 2.05) is 0 Å². The van der Waals surface area contributed by atoms with E-state index in [1.165, 1.54) is 77.2 Å². The molecule has 0 fully saturated rings. The van der Waals surface area contributed by atoms with Crippen molar-refractivity contribution in [2.75, 3.05) is 0 Å². The third kappa shape index (κ3) is 3.92. The highest BCUT2D eigenvalue weighted by atomic mass is 15.1. The first-order valence-corrected chi connectivity index (χ1v) is 18.7. The molecule has 0 atom stereocenters. The van der Waals surface area contributed by atoms with Crippen molar-refractivity contribution >= 4 is 32.6 Å². The summed E-state index contributed by atoms with van der Waals surface area (Å²) in [6.45, 7) is 0. The zero-order valence-corrected chi connectivity index (χ0v) is 29.4. The molecule has 0 N–H and O–H groups in total. The van der Waals surface area contributed by atoms with E-state index in [2.05, 4.69) is 199 Å². The lowest BCUT2D eigenvalue weighted by molar-refractivity contribution is 0.802. The Hall–Kier alpha value is -7.03. The Kier molecular flexibility index (Phi) is 6.01. The molecule has 0 radical (unpaired) electrons. The number of fused-ring (bicyclic) bond motifs is 14. The van der Waals surface area contributed by atoms with Crippen molar-refractivity contribution in [3.8, 4) is 50.5 Å². The lowest BCUT2D eigenvalue weighted by Crippen LogP contribution is -2.26. The van der Waals surface area contributed by atoms with Crippen molar-refractivity contribution in [1.29, 1.82) is 0 Å². The Balaban J connectivity index is 1.04. The van der Waals surface area contributed by atoms with Crippen LogP contribution in [0.5, 0.6) is 0 Å². The summed E-state index contributed by atoms with van der Waals surface area (Å²) in [5, 5.41) is 5.10. The van der Waals surface area contributed by atoms with Crippen LogP contribution in [0, 0.1) is 0 Å². The third-order valence-corrected chi connectivity index (χ3v) is 12.0. The number of nitrogens with zero attached hydrogens (tertiary/aromatic N) is 2. The summed E-state index contributed by atoms with van der Waals surface area (Å²) in [5.41, 5.74) is 17.1. The molecular formula is C52H32N2. The molecule has 0 saturated heterocycles. The highest BCUT2D eigenvalue weighted by molar-refractivity contribution is 6.07. The van der Waals surface area contributed by atoms with Crippen LogP contribution in [0.15, 0.2) is 194 Å². The zero-order valence-electron chi connectivity index (χ0n) is 29.4. The number of aromatic nitrogens is 2. The molecule has 54 heavy (non-hydrogen) atoms. The van der Waals surface area contributed by atoms with Gasteiger partial charge in [0.05, 0.1) is 16.4 Å². The van der Waals surface area contributed by atoms with E-state index in [-0.39, 0.29) is 0 Å². The van der Waals surface area contributed by atoms with Crippen LogP contribution < -0.4 is 0 Å². The minimum atomic E-state index is -0.408. The average molecular weight is 685 g/mol. The maximum atomic E-state index is 5.10. The van der Waals surface area contributed by atoms with Gasteiger partial charge in [0.15, 0.2) is 0 Å². The van der Waals surface area contributed by atoms with Crippen molar-refractivity contribution in [1.82, 2.24) is 9.55 Å². The van der Waals surface area contributed by atoms with E-state index < -0.39 is 5.41 Å². The Morgan fingerprint density at radius 3 is 1.80 bits per heavy atom. The van der Waals surface area contributed by atoms with Gasteiger partial charge in [0, 0.05) is 11.3 Å². The molecule has 1 heterocycles. The average Bonchev–Trinajstić information content (AvgIpc) is 3.87. The van der Waals surface area contributed by atoms with Gasteiger partial charge >= 0.3 is 0 Å². The number of para-hydroxylation sites is 3. The number of imidazole rings is 1. The van der Waals surface area contributed by atoms with Gasteiger partial charge in [-0.2, -0.15) is 0 Å². The van der Waals surface area contributed by atoms with Crippen molar-refractivity contribution in [2.45, 2.75) is 5.41 Å². The molecular weight excluding hydrogens is 653 g/mol. The van der Waals surface area contributed by atoms with Crippen molar-refractivity contribution < 1.29 is 0 Å². The third-order valence-electron chi connectivity index (χ3n) is 12.0. The van der Waals surface area contributed by atoms with Crippen LogP contribution in [0.4, 0.5) is 0 Å². The normalized spacial score (nSPS) is 13.3. The Morgan fingerprint density at radius 1 is 0.389 bits per heavy atom. The van der Waals surface area contributed by atoms with Crippen molar-refractivity contribution in [3.05, 3.63) is 216 Å². The lowest BCUT2D eigenvalue weighted by Gasteiger charge is -2.31. The van der Waals surface area contributed by atoms with E-state index in [4.69, 9.17) is 4.98 Å². The summed E-state index contributed by atoms with van der Waals surface area (Å²) in [6, 6.07) is 71.4. The topological polar surface area (TPSA) is 17.8 Å². The predicted molar refractivity (Wildman–Crippen MR) is 223 cm³/mol. The minimum absolute atomic E-state index is 0.408. The van der Waals surface area contributed by atoms with Gasteiger partial charge < -0.3 is 0 Å². The monoisotopic (exact) mass is 684 g/mol. The second-order valence-electron chi connectivity index (χ2n) is 14.7. The summed E-state index contributed by atoms with van der Waals surface area (Å²) in [4.78, 5) is 5.10. The van der Waals surface area contributed by atoms with E-state index in [9.17, 15) is 0 Å². The van der Waals surface area contributed by atoms with Gasteiger partial charge in [-0.1, -0.05) is 152 Å². The van der Waals surface area contributed by atoms with Crippen LogP contribution in [0.1, 0.15) is 22.3 Å². The predicted octanol–water partition coefficient (Wildman–Crippen LogP) is 13.0. The smallest absolute Gasteiger partial charge is 0.145 e. The highest BCUT2D eigenvalue weighted by Crippen LogP contribution is 2.64. The summed E-state index contributed by atoms with van der Waals surface area (Å²) in [7, 11) is 0. The summed E-state index contributed by atoms with van der Waals surface area (Å²) < 4.78 is 2.26. The lowest BCUT2D eigenvalue weighted by atomic mass is 9.69. The van der Waals surface area contributed by atoms with Gasteiger partial charge in [0.25, 0.3) is 0 Å². The minimum Gasteiger partial charge on any atom is -0.292 e. The maximum Gasteiger partial charge on any atom is 0.145 e. The number of benzene rings is 9. The zero-order chi connectivity index (χ0) is 35.4. The second kappa shape index (κ2) is 11.0. The molecule has 0 saturated carbocycles. The first kappa shape index (κ1) is 29.5. The standard InChI is InChI=1S/C52H32N2/c1-2-14-39(15-3-1)54-49-21-11-10-20-48(49)53-51(54)34-24-22-33(23-25-34)37-26-28-40-38(30-37)27-29-43-44-31-35-12-4-5-13-36(35)32-47(44)52(50(40)43)45-18-8-6-16-41(45)42-17-7-9-19-46(42)52/h1-32H. The van der Waals surface area contributed by atoms with Gasteiger partial charge in [-0.05, 0) is 120 Å². The van der Waals surface area contributed by atoms with Crippen LogP contribution in [0.2, 0.25) is 0 Å². The molecule has 0 unspecified atom stereocenters. The van der Waals surface area contributed by atoms with Crippen LogP contribution in [0.3, 0.4) is 0 Å². The maximum absolute atomic E-state index is 5.10. The molecule has 0 aliphatic heterocycles. The van der Waals surface area contributed by atoms with E-state index in [1.54, 1.807) is 0 Å². The van der Waals surface area contributed by atoms with Crippen LogP contribution in [-0.2, 0) is 5.41 Å². The first-order chi connectivity index (χ1) is 26.8. The molecule has 9 aromatic carbocycles. The van der Waals surface area contributed by atoms with Crippen molar-refractivity contribution in [2.24, 2.45) is 0 Å². The van der Waals surface area contributed by atoms with Gasteiger partial charge in [0.1, 0.15) is 5.82 Å². The SMILES string of the molecule is c1ccc(-n2c(-c3ccc(-c4ccc5c6c(ccc5c4)-c4cc5ccccc5cc4C64c5ccccc5-c5ccccc54)cc3)nc3ccccc32)cc1. The molecule has 0 amide bonds. The van der Waals surface area contributed by atoms with Crippen LogP contribution >= 0.6 is 0 Å². The molecule has 250 valence electrons. The first-order valence-electron chi connectivity index (χ1n) is 18.7. The molecule has 12 rings (SSSR count). The van der Waals surface area contributed by atoms with E-state index >= 15 is 0 Å². The second-order valence-corrected chi connectivity index (χ2v) is 14.7. The molecule has 0 bridgehead atoms. The largest absolute Gasteiger partial charge is 0.292 e. The molecule has 2 nitrogen and oxygen atoms in total. The van der Waals surface area contributed by atoms with Gasteiger partial charge in [-0.15, -0.1) is 0 Å². The Morgan fingerprint density at radius 2 is 1.02 bits per heavy atom. The molecule has 1 spiro atoms. The summed E-state index contributed by atoms with van der Waals surface area (Å²) in [6.07, 6.45) is 0. The summed E-state index contributed by atoms with van der Waals surface area (Å²) in [5.74, 6) is 0.942. The molecule has 2 aliphatic carbocycles. The molecule has 10 aromatic rings. The van der Waals surface area contributed by atoms with Crippen molar-refractivity contribution in [3.63, 3.8) is 0 Å². The number of hydrogen-bond acceptors (Lipinski definition) is 1. The Bertz CT molecular complexity index is 3100. The molecule has 2 heteroatoms. The number of hydrogen-bond donors (Lipinski definition) is 0. The summed E-state index contributed by atoms with van der Waals surface area (Å²) >= 11 is 0. The fourth-order valence-corrected chi connectivity index (χ4v) is 9.71. The molecule has 2 aliphatic rings.